The highest BCUT2D eigenvalue weighted by Crippen LogP contribution is 2.29. The van der Waals surface area contributed by atoms with Crippen LogP contribution in [0, 0.1) is 0 Å². The zero-order valence-electron chi connectivity index (χ0n) is 11.3. The number of hydrogen-bond acceptors (Lipinski definition) is 5. The summed E-state index contributed by atoms with van der Waals surface area (Å²) in [6.45, 7) is 0. The Bertz CT molecular complexity index is 914. The summed E-state index contributed by atoms with van der Waals surface area (Å²) in [7, 11) is -3.24. The van der Waals surface area contributed by atoms with Crippen LogP contribution in [0.5, 0.6) is 0 Å². The SMILES string of the molecule is CS(=O)(=O)c1ccc(Nc2ccc3sccc3c2)c(N)c1. The molecule has 6 heteroatoms. The fourth-order valence-corrected chi connectivity index (χ4v) is 3.51. The van der Waals surface area contributed by atoms with Crippen LogP contribution < -0.4 is 11.1 Å². The summed E-state index contributed by atoms with van der Waals surface area (Å²) in [5, 5.41) is 6.43. The minimum absolute atomic E-state index is 0.221. The van der Waals surface area contributed by atoms with Gasteiger partial charge in [0.15, 0.2) is 9.84 Å². The molecule has 0 aliphatic heterocycles. The normalized spacial score (nSPS) is 11.7. The van der Waals surface area contributed by atoms with Gasteiger partial charge in [-0.2, -0.15) is 0 Å². The molecule has 2 aromatic carbocycles. The molecule has 0 saturated carbocycles. The first-order valence-corrected chi connectivity index (χ1v) is 9.04. The third-order valence-corrected chi connectivity index (χ3v) is 5.19. The van der Waals surface area contributed by atoms with Crippen molar-refractivity contribution >= 4 is 48.3 Å². The number of nitrogens with two attached hydrogens (primary N) is 1. The van der Waals surface area contributed by atoms with Gasteiger partial charge in [-0.25, -0.2) is 8.42 Å². The Morgan fingerprint density at radius 3 is 2.62 bits per heavy atom. The van der Waals surface area contributed by atoms with Gasteiger partial charge in [0.2, 0.25) is 0 Å². The lowest BCUT2D eigenvalue weighted by Gasteiger charge is -2.10. The number of fused-ring (bicyclic) bond motifs is 1. The Balaban J connectivity index is 1.94. The van der Waals surface area contributed by atoms with E-state index in [4.69, 9.17) is 5.73 Å². The van der Waals surface area contributed by atoms with Crippen LogP contribution >= 0.6 is 11.3 Å². The highest BCUT2D eigenvalue weighted by Gasteiger charge is 2.09. The second-order valence-corrected chi connectivity index (χ2v) is 7.78. The molecular formula is C15H14N2O2S2. The van der Waals surface area contributed by atoms with Gasteiger partial charge in [-0.1, -0.05) is 0 Å². The summed E-state index contributed by atoms with van der Waals surface area (Å²) in [6, 6.07) is 12.8. The summed E-state index contributed by atoms with van der Waals surface area (Å²) in [5.74, 6) is 0. The molecule has 0 bridgehead atoms. The minimum atomic E-state index is -3.24. The van der Waals surface area contributed by atoms with E-state index in [0.717, 1.165) is 11.1 Å². The van der Waals surface area contributed by atoms with Crippen molar-refractivity contribution in [1.82, 2.24) is 0 Å². The average Bonchev–Trinajstić information content (AvgIpc) is 2.87. The average molecular weight is 318 g/mol. The summed E-state index contributed by atoms with van der Waals surface area (Å²) in [4.78, 5) is 0.221. The summed E-state index contributed by atoms with van der Waals surface area (Å²) in [6.07, 6.45) is 1.17. The van der Waals surface area contributed by atoms with Crippen LogP contribution in [-0.2, 0) is 9.84 Å². The molecule has 3 aromatic rings. The summed E-state index contributed by atoms with van der Waals surface area (Å²) in [5.41, 5.74) is 7.95. The van der Waals surface area contributed by atoms with Gasteiger partial charge >= 0.3 is 0 Å². The molecule has 108 valence electrons. The molecule has 0 unspecified atom stereocenters. The molecule has 0 aliphatic rings. The van der Waals surface area contributed by atoms with Crippen molar-refractivity contribution in [2.75, 3.05) is 17.3 Å². The summed E-state index contributed by atoms with van der Waals surface area (Å²) < 4.78 is 24.2. The van der Waals surface area contributed by atoms with E-state index in [-0.39, 0.29) is 4.90 Å². The van der Waals surface area contributed by atoms with Gasteiger partial charge in [-0.3, -0.25) is 0 Å². The third-order valence-electron chi connectivity index (χ3n) is 3.18. The number of anilines is 3. The lowest BCUT2D eigenvalue weighted by atomic mass is 10.2. The number of hydrogen-bond donors (Lipinski definition) is 2. The quantitative estimate of drug-likeness (QED) is 0.723. The molecule has 0 amide bonds. The number of nitrogen functional groups attached to an aromatic ring is 1. The van der Waals surface area contributed by atoms with Gasteiger partial charge in [-0.15, -0.1) is 11.3 Å². The highest BCUT2D eigenvalue weighted by atomic mass is 32.2. The van der Waals surface area contributed by atoms with E-state index in [2.05, 4.69) is 11.4 Å². The molecule has 0 fully saturated rings. The van der Waals surface area contributed by atoms with E-state index in [1.165, 1.54) is 17.0 Å². The van der Waals surface area contributed by atoms with Crippen molar-refractivity contribution in [3.63, 3.8) is 0 Å². The number of rotatable bonds is 3. The molecule has 3 rings (SSSR count). The number of nitrogens with one attached hydrogen (secondary N) is 1. The predicted octanol–water partition coefficient (Wildman–Crippen LogP) is 3.63. The van der Waals surface area contributed by atoms with Crippen molar-refractivity contribution in [3.8, 4) is 0 Å². The molecular weight excluding hydrogens is 304 g/mol. The maximum absolute atomic E-state index is 11.5. The van der Waals surface area contributed by atoms with Crippen LogP contribution in [0.1, 0.15) is 0 Å². The number of thiophene rings is 1. The van der Waals surface area contributed by atoms with Crippen LogP contribution in [-0.4, -0.2) is 14.7 Å². The summed E-state index contributed by atoms with van der Waals surface area (Å²) >= 11 is 1.69. The maximum Gasteiger partial charge on any atom is 0.175 e. The number of benzene rings is 2. The molecule has 4 nitrogen and oxygen atoms in total. The van der Waals surface area contributed by atoms with Crippen LogP contribution in [0.2, 0.25) is 0 Å². The van der Waals surface area contributed by atoms with E-state index in [1.54, 1.807) is 23.5 Å². The van der Waals surface area contributed by atoms with E-state index >= 15 is 0 Å². The van der Waals surface area contributed by atoms with Crippen molar-refractivity contribution < 1.29 is 8.42 Å². The zero-order valence-corrected chi connectivity index (χ0v) is 13.0. The zero-order chi connectivity index (χ0) is 15.0. The molecule has 0 atom stereocenters. The van der Waals surface area contributed by atoms with Crippen LogP contribution in [0.4, 0.5) is 17.1 Å². The minimum Gasteiger partial charge on any atom is -0.397 e. The molecule has 0 aliphatic carbocycles. The van der Waals surface area contributed by atoms with Crippen molar-refractivity contribution in [2.45, 2.75) is 4.90 Å². The Kier molecular flexibility index (Phi) is 3.35. The van der Waals surface area contributed by atoms with Crippen molar-refractivity contribution in [2.24, 2.45) is 0 Å². The Morgan fingerprint density at radius 1 is 1.10 bits per heavy atom. The third kappa shape index (κ3) is 2.86. The predicted molar refractivity (Wildman–Crippen MR) is 89.1 cm³/mol. The standard InChI is InChI=1S/C15H14N2O2S2/c1-21(18,19)12-3-4-14(13(16)9-12)17-11-2-5-15-10(8-11)6-7-20-15/h2-9,17H,16H2,1H3. The van der Waals surface area contributed by atoms with Gasteiger partial charge < -0.3 is 11.1 Å². The van der Waals surface area contributed by atoms with Gasteiger partial charge in [0, 0.05) is 16.6 Å². The fraction of sp³-hybridized carbons (Fsp3) is 0.0667. The first kappa shape index (κ1) is 13.9. The Morgan fingerprint density at radius 2 is 1.90 bits per heavy atom. The highest BCUT2D eigenvalue weighted by molar-refractivity contribution is 7.90. The molecule has 21 heavy (non-hydrogen) atoms. The maximum atomic E-state index is 11.5. The Labute approximate surface area is 127 Å². The largest absolute Gasteiger partial charge is 0.397 e. The van der Waals surface area contributed by atoms with Crippen LogP contribution in [0.3, 0.4) is 0 Å². The lowest BCUT2D eigenvalue weighted by molar-refractivity contribution is 0.602. The van der Waals surface area contributed by atoms with Crippen LogP contribution in [0.25, 0.3) is 10.1 Å². The van der Waals surface area contributed by atoms with Gasteiger partial charge in [0.05, 0.1) is 16.3 Å². The van der Waals surface area contributed by atoms with E-state index in [9.17, 15) is 8.42 Å². The Hall–Kier alpha value is -2.05. The first-order chi connectivity index (χ1) is 9.93. The van der Waals surface area contributed by atoms with Gasteiger partial charge in [-0.05, 0) is 53.2 Å². The molecule has 0 radical (unpaired) electrons. The topological polar surface area (TPSA) is 72.2 Å². The lowest BCUT2D eigenvalue weighted by Crippen LogP contribution is -2.01. The second-order valence-electron chi connectivity index (χ2n) is 4.82. The molecule has 0 spiro atoms. The van der Waals surface area contributed by atoms with E-state index in [0.29, 0.717) is 11.4 Å². The second kappa shape index (κ2) is 5.05. The van der Waals surface area contributed by atoms with E-state index < -0.39 is 9.84 Å². The van der Waals surface area contributed by atoms with Crippen LogP contribution in [0.15, 0.2) is 52.7 Å². The number of sulfone groups is 1. The van der Waals surface area contributed by atoms with Crippen molar-refractivity contribution in [1.29, 1.82) is 0 Å². The fourth-order valence-electron chi connectivity index (χ4n) is 2.09. The molecule has 3 N–H and O–H groups in total. The first-order valence-electron chi connectivity index (χ1n) is 6.27. The molecule has 1 aromatic heterocycles. The van der Waals surface area contributed by atoms with Gasteiger partial charge in [0.1, 0.15) is 0 Å². The monoisotopic (exact) mass is 318 g/mol. The smallest absolute Gasteiger partial charge is 0.175 e. The molecule has 1 heterocycles. The van der Waals surface area contributed by atoms with Crippen molar-refractivity contribution in [3.05, 3.63) is 47.8 Å². The molecule has 0 saturated heterocycles. The van der Waals surface area contributed by atoms with Gasteiger partial charge in [0.25, 0.3) is 0 Å². The van der Waals surface area contributed by atoms with E-state index in [1.807, 2.05) is 23.6 Å².